The van der Waals surface area contributed by atoms with Gasteiger partial charge in [0.25, 0.3) is 0 Å². The second kappa shape index (κ2) is 4.83. The Kier molecular flexibility index (Phi) is 3.96. The fraction of sp³-hybridized carbons (Fsp3) is 0.667. The minimum atomic E-state index is -0.134. The van der Waals surface area contributed by atoms with Gasteiger partial charge in [-0.3, -0.25) is 15.8 Å². The van der Waals surface area contributed by atoms with E-state index in [4.69, 9.17) is 11.6 Å². The summed E-state index contributed by atoms with van der Waals surface area (Å²) in [6.07, 6.45) is 1.75. The van der Waals surface area contributed by atoms with Gasteiger partial charge in [0.05, 0.1) is 5.54 Å². The molecule has 0 unspecified atom stereocenters. The Labute approximate surface area is 95.5 Å². The molecule has 0 spiro atoms. The lowest BCUT2D eigenvalue weighted by molar-refractivity contribution is 0.101. The van der Waals surface area contributed by atoms with Gasteiger partial charge >= 0.3 is 0 Å². The van der Waals surface area contributed by atoms with E-state index in [1.165, 1.54) is 0 Å². The topological polar surface area (TPSA) is 51.7 Å². The van der Waals surface area contributed by atoms with Crippen molar-refractivity contribution in [3.63, 3.8) is 0 Å². The SMILES string of the molecule is CCNN1NC(Cl)=CC(=NC(C)(C)C)N1. The highest BCUT2D eigenvalue weighted by Crippen LogP contribution is 2.09. The lowest BCUT2D eigenvalue weighted by atomic mass is 10.1. The van der Waals surface area contributed by atoms with Crippen molar-refractivity contribution in [3.05, 3.63) is 11.2 Å². The molecule has 15 heavy (non-hydrogen) atoms. The van der Waals surface area contributed by atoms with E-state index in [1.807, 2.05) is 27.7 Å². The second-order valence-corrected chi connectivity index (χ2v) is 4.64. The predicted molar refractivity (Wildman–Crippen MR) is 62.9 cm³/mol. The molecule has 0 atom stereocenters. The van der Waals surface area contributed by atoms with Crippen molar-refractivity contribution >= 4 is 17.4 Å². The van der Waals surface area contributed by atoms with Crippen molar-refractivity contribution in [1.82, 2.24) is 21.5 Å². The van der Waals surface area contributed by atoms with E-state index in [1.54, 1.807) is 11.3 Å². The molecule has 0 aromatic rings. The van der Waals surface area contributed by atoms with Crippen molar-refractivity contribution < 1.29 is 0 Å². The molecule has 0 saturated heterocycles. The zero-order valence-electron chi connectivity index (χ0n) is 9.56. The van der Waals surface area contributed by atoms with E-state index in [2.05, 4.69) is 21.3 Å². The molecule has 0 bridgehead atoms. The summed E-state index contributed by atoms with van der Waals surface area (Å²) >= 11 is 5.92. The summed E-state index contributed by atoms with van der Waals surface area (Å²) in [5.41, 5.74) is 8.83. The van der Waals surface area contributed by atoms with E-state index in [0.29, 0.717) is 5.16 Å². The molecule has 0 aliphatic carbocycles. The van der Waals surface area contributed by atoms with E-state index < -0.39 is 0 Å². The quantitative estimate of drug-likeness (QED) is 0.624. The molecule has 1 heterocycles. The highest BCUT2D eigenvalue weighted by molar-refractivity contribution is 6.31. The van der Waals surface area contributed by atoms with E-state index in [0.717, 1.165) is 12.4 Å². The van der Waals surface area contributed by atoms with Crippen LogP contribution in [0.5, 0.6) is 0 Å². The summed E-state index contributed by atoms with van der Waals surface area (Å²) in [7, 11) is 0. The molecule has 1 aliphatic heterocycles. The normalized spacial score (nSPS) is 20.9. The molecule has 5 nitrogen and oxygen atoms in total. The number of hydrogen-bond donors (Lipinski definition) is 3. The standard InChI is InChI=1S/C9H18ClN5/c1-5-11-15-13-7(10)6-8(14-15)12-9(2,3)4/h6,11,13H,5H2,1-4H3,(H,12,14). The Bertz CT molecular complexity index is 279. The maximum atomic E-state index is 5.92. The average Bonchev–Trinajstić information content (AvgIpc) is 1.99. The summed E-state index contributed by atoms with van der Waals surface area (Å²) in [5.74, 6) is 0.729. The van der Waals surface area contributed by atoms with Crippen molar-refractivity contribution in [2.24, 2.45) is 4.99 Å². The first-order chi connectivity index (χ1) is 6.90. The zero-order chi connectivity index (χ0) is 11.5. The Morgan fingerprint density at radius 3 is 2.67 bits per heavy atom. The van der Waals surface area contributed by atoms with Gasteiger partial charge in [-0.25, -0.2) is 5.43 Å². The number of hydrogen-bond acceptors (Lipinski definition) is 4. The van der Waals surface area contributed by atoms with Gasteiger partial charge in [0.1, 0.15) is 11.0 Å². The second-order valence-electron chi connectivity index (χ2n) is 4.23. The number of hydrazine groups is 3. The van der Waals surface area contributed by atoms with Crippen LogP contribution in [0.3, 0.4) is 0 Å². The number of amidine groups is 1. The van der Waals surface area contributed by atoms with Crippen LogP contribution in [0.4, 0.5) is 0 Å². The van der Waals surface area contributed by atoms with Gasteiger partial charge in [-0.1, -0.05) is 23.8 Å². The van der Waals surface area contributed by atoms with Crippen LogP contribution in [0.2, 0.25) is 0 Å². The molecule has 0 fully saturated rings. The third-order valence-electron chi connectivity index (χ3n) is 1.48. The minimum Gasteiger partial charge on any atom is -0.277 e. The maximum absolute atomic E-state index is 5.92. The highest BCUT2D eigenvalue weighted by atomic mass is 35.5. The van der Waals surface area contributed by atoms with E-state index in [-0.39, 0.29) is 5.54 Å². The summed E-state index contributed by atoms with van der Waals surface area (Å²) in [6.45, 7) is 8.87. The molecular weight excluding hydrogens is 214 g/mol. The summed E-state index contributed by atoms with van der Waals surface area (Å²) in [5, 5.41) is 2.12. The van der Waals surface area contributed by atoms with Gasteiger partial charge in [-0.05, 0) is 20.8 Å². The number of halogens is 1. The van der Waals surface area contributed by atoms with Crippen LogP contribution in [0, 0.1) is 0 Å². The molecule has 1 aliphatic rings. The van der Waals surface area contributed by atoms with Gasteiger partial charge in [-0.15, -0.1) is 0 Å². The van der Waals surface area contributed by atoms with Crippen LogP contribution in [-0.4, -0.2) is 23.1 Å². The largest absolute Gasteiger partial charge is 0.277 e. The zero-order valence-corrected chi connectivity index (χ0v) is 10.3. The Morgan fingerprint density at radius 2 is 2.13 bits per heavy atom. The summed E-state index contributed by atoms with van der Waals surface area (Å²) in [6, 6.07) is 0. The van der Waals surface area contributed by atoms with Crippen molar-refractivity contribution in [2.75, 3.05) is 6.54 Å². The first kappa shape index (κ1) is 12.3. The van der Waals surface area contributed by atoms with Gasteiger partial charge in [-0.2, -0.15) is 0 Å². The minimum absolute atomic E-state index is 0.134. The fourth-order valence-corrected chi connectivity index (χ4v) is 1.28. The Morgan fingerprint density at radius 1 is 1.47 bits per heavy atom. The highest BCUT2D eigenvalue weighted by Gasteiger charge is 2.15. The van der Waals surface area contributed by atoms with E-state index >= 15 is 0 Å². The molecule has 0 aromatic heterocycles. The number of nitrogens with one attached hydrogen (secondary N) is 3. The van der Waals surface area contributed by atoms with Crippen molar-refractivity contribution in [3.8, 4) is 0 Å². The lowest BCUT2D eigenvalue weighted by Crippen LogP contribution is -2.59. The maximum Gasteiger partial charge on any atom is 0.141 e. The Balaban J connectivity index is 2.75. The molecule has 6 heteroatoms. The number of nitrogens with zero attached hydrogens (tertiary/aromatic N) is 2. The molecule has 0 saturated carbocycles. The average molecular weight is 232 g/mol. The summed E-state index contributed by atoms with van der Waals surface area (Å²) in [4.78, 5) is 4.47. The van der Waals surface area contributed by atoms with E-state index in [9.17, 15) is 0 Å². The smallest absolute Gasteiger partial charge is 0.141 e. The number of rotatable bonds is 2. The molecule has 86 valence electrons. The van der Waals surface area contributed by atoms with Crippen molar-refractivity contribution in [1.29, 1.82) is 0 Å². The van der Waals surface area contributed by atoms with Gasteiger partial charge in [0, 0.05) is 12.6 Å². The molecule has 0 amide bonds. The molecule has 1 rings (SSSR count). The monoisotopic (exact) mass is 231 g/mol. The van der Waals surface area contributed by atoms with Crippen LogP contribution >= 0.6 is 11.6 Å². The fourth-order valence-electron chi connectivity index (χ4n) is 1.09. The van der Waals surface area contributed by atoms with Crippen LogP contribution in [0.1, 0.15) is 27.7 Å². The van der Waals surface area contributed by atoms with Gasteiger partial charge in [0.2, 0.25) is 0 Å². The molecule has 3 N–H and O–H groups in total. The molecule has 0 radical (unpaired) electrons. The predicted octanol–water partition coefficient (Wildman–Crippen LogP) is 1.11. The van der Waals surface area contributed by atoms with Crippen LogP contribution in [0.25, 0.3) is 0 Å². The third-order valence-corrected chi connectivity index (χ3v) is 1.67. The third kappa shape index (κ3) is 4.51. The van der Waals surface area contributed by atoms with Crippen LogP contribution in [-0.2, 0) is 0 Å². The lowest BCUT2D eigenvalue weighted by Gasteiger charge is -2.29. The van der Waals surface area contributed by atoms with Gasteiger partial charge < -0.3 is 0 Å². The number of aliphatic imine (C=N–C) groups is 1. The first-order valence-electron chi connectivity index (χ1n) is 4.95. The Hall–Kier alpha value is -0.780. The van der Waals surface area contributed by atoms with Gasteiger partial charge in [0.15, 0.2) is 0 Å². The summed E-state index contributed by atoms with van der Waals surface area (Å²) < 4.78 is 0. The van der Waals surface area contributed by atoms with Crippen molar-refractivity contribution in [2.45, 2.75) is 33.2 Å². The molecular formula is C9H18ClN5. The molecule has 0 aromatic carbocycles. The first-order valence-corrected chi connectivity index (χ1v) is 5.32. The van der Waals surface area contributed by atoms with Crippen LogP contribution in [0.15, 0.2) is 16.2 Å². The van der Waals surface area contributed by atoms with Crippen LogP contribution < -0.4 is 16.3 Å².